The number of hydrogen-bond donors (Lipinski definition) is 1. The number of hydrogen-bond acceptors (Lipinski definition) is 6. The number of carbonyl (C=O) groups excluding carboxylic acids is 1. The number of nitrogens with zero attached hydrogens (tertiary/aromatic N) is 3. The third-order valence-electron chi connectivity index (χ3n) is 6.96. The van der Waals surface area contributed by atoms with Crippen LogP contribution in [0.1, 0.15) is 49.8 Å². The Morgan fingerprint density at radius 2 is 2.09 bits per heavy atom. The number of alkyl halides is 2. The molecule has 7 nitrogen and oxygen atoms in total. The summed E-state index contributed by atoms with van der Waals surface area (Å²) in [5.41, 5.74) is 3.17. The van der Waals surface area contributed by atoms with Crippen molar-refractivity contribution in [3.63, 3.8) is 0 Å². The Hall–Kier alpha value is -3.33. The molecule has 2 aromatic carbocycles. The van der Waals surface area contributed by atoms with E-state index >= 15 is 0 Å². The van der Waals surface area contributed by atoms with Crippen LogP contribution in [0.5, 0.6) is 5.75 Å². The van der Waals surface area contributed by atoms with Crippen LogP contribution >= 0.6 is 0 Å². The van der Waals surface area contributed by atoms with Crippen LogP contribution < -0.4 is 4.74 Å². The molecule has 0 saturated carbocycles. The quantitative estimate of drug-likeness (QED) is 0.554. The number of halogens is 2. The lowest BCUT2D eigenvalue weighted by molar-refractivity contribution is -0.133. The van der Waals surface area contributed by atoms with Gasteiger partial charge in [-0.1, -0.05) is 23.4 Å². The highest BCUT2D eigenvalue weighted by atomic mass is 19.3. The van der Waals surface area contributed by atoms with Crippen molar-refractivity contribution >= 4 is 5.91 Å². The molecule has 2 aliphatic rings. The first kappa shape index (κ1) is 23.4. The maximum absolute atomic E-state index is 13.7. The van der Waals surface area contributed by atoms with E-state index in [1.54, 1.807) is 24.8 Å². The normalized spacial score (nSPS) is 19.2. The lowest BCUT2D eigenvalue weighted by Crippen LogP contribution is -2.34. The van der Waals surface area contributed by atoms with Gasteiger partial charge >= 0.3 is 0 Å². The van der Waals surface area contributed by atoms with Crippen molar-refractivity contribution in [2.24, 2.45) is 0 Å². The van der Waals surface area contributed by atoms with Crippen molar-refractivity contribution in [3.8, 4) is 28.6 Å². The lowest BCUT2D eigenvalue weighted by atomic mass is 9.81. The van der Waals surface area contributed by atoms with Crippen molar-refractivity contribution in [1.29, 1.82) is 0 Å². The van der Waals surface area contributed by atoms with Gasteiger partial charge in [-0.25, -0.2) is 8.78 Å². The van der Waals surface area contributed by atoms with E-state index in [4.69, 9.17) is 9.26 Å². The number of rotatable bonds is 6. The topological polar surface area (TPSA) is 88.7 Å². The maximum Gasteiger partial charge on any atom is 0.267 e. The van der Waals surface area contributed by atoms with Gasteiger partial charge in [0, 0.05) is 29.6 Å². The van der Waals surface area contributed by atoms with Crippen molar-refractivity contribution in [2.45, 2.75) is 51.1 Å². The highest BCUT2D eigenvalue weighted by Gasteiger charge is 2.46. The molecule has 2 heterocycles. The molecule has 1 spiro atoms. The standard InChI is InChI=1S/C26H27F2N3O4/c1-15(2)34-21-7-6-16(12-19(21)23(27)28)25-29-24(30-35-25)18-4-3-5-20-17(18)8-9-26(20)10-11-31(14-26)22(33)13-32/h3-7,12,15,23,32H,8-11,13-14H2,1-2H3. The van der Waals surface area contributed by atoms with Crippen LogP contribution in [0.25, 0.3) is 22.8 Å². The van der Waals surface area contributed by atoms with Gasteiger partial charge in [-0.15, -0.1) is 0 Å². The molecule has 0 radical (unpaired) electrons. The molecule has 5 rings (SSSR count). The second-order valence-corrected chi connectivity index (χ2v) is 9.48. The minimum Gasteiger partial charge on any atom is -0.491 e. The number of ether oxygens (including phenoxy) is 1. The SMILES string of the molecule is CC(C)Oc1ccc(-c2nc(-c3cccc4c3CCC43CCN(C(=O)CO)C3)no2)cc1C(F)F. The maximum atomic E-state index is 13.7. The summed E-state index contributed by atoms with van der Waals surface area (Å²) in [4.78, 5) is 18.3. The third kappa shape index (κ3) is 4.18. The summed E-state index contributed by atoms with van der Waals surface area (Å²) in [6.07, 6.45) is -0.385. The van der Waals surface area contributed by atoms with E-state index in [-0.39, 0.29) is 34.6 Å². The van der Waals surface area contributed by atoms with Crippen molar-refractivity contribution in [2.75, 3.05) is 19.7 Å². The van der Waals surface area contributed by atoms with Crippen LogP contribution in [0, 0.1) is 0 Å². The van der Waals surface area contributed by atoms with E-state index in [9.17, 15) is 18.7 Å². The lowest BCUT2D eigenvalue weighted by Gasteiger charge is -2.25. The zero-order chi connectivity index (χ0) is 24.7. The molecule has 1 atom stereocenters. The molecule has 1 amide bonds. The van der Waals surface area contributed by atoms with E-state index in [0.29, 0.717) is 24.5 Å². The fraction of sp³-hybridized carbons (Fsp3) is 0.423. The van der Waals surface area contributed by atoms with Gasteiger partial charge in [-0.2, -0.15) is 4.98 Å². The van der Waals surface area contributed by atoms with Crippen LogP contribution in [0.3, 0.4) is 0 Å². The van der Waals surface area contributed by atoms with E-state index < -0.39 is 13.0 Å². The van der Waals surface area contributed by atoms with Crippen LogP contribution in [-0.2, 0) is 16.6 Å². The minimum atomic E-state index is -2.71. The summed E-state index contributed by atoms with van der Waals surface area (Å²) in [6, 6.07) is 10.4. The van der Waals surface area contributed by atoms with Crippen molar-refractivity contribution in [3.05, 3.63) is 53.1 Å². The van der Waals surface area contributed by atoms with E-state index in [1.165, 1.54) is 17.7 Å². The van der Waals surface area contributed by atoms with Gasteiger partial charge < -0.3 is 19.3 Å². The van der Waals surface area contributed by atoms with Gasteiger partial charge in [0.15, 0.2) is 0 Å². The third-order valence-corrected chi connectivity index (χ3v) is 6.96. The van der Waals surface area contributed by atoms with Crippen LogP contribution in [0.15, 0.2) is 40.9 Å². The van der Waals surface area contributed by atoms with Crippen LogP contribution in [0.2, 0.25) is 0 Å². The summed E-state index contributed by atoms with van der Waals surface area (Å²) in [5.74, 6) is 0.442. The fourth-order valence-electron chi connectivity index (χ4n) is 5.33. The summed E-state index contributed by atoms with van der Waals surface area (Å²) >= 11 is 0. The second kappa shape index (κ2) is 9.03. The Labute approximate surface area is 201 Å². The Morgan fingerprint density at radius 3 is 2.83 bits per heavy atom. The first-order valence-corrected chi connectivity index (χ1v) is 11.8. The Balaban J connectivity index is 1.46. The van der Waals surface area contributed by atoms with Gasteiger partial charge in [0.1, 0.15) is 12.4 Å². The van der Waals surface area contributed by atoms with Crippen LogP contribution in [0.4, 0.5) is 8.78 Å². The molecular formula is C26H27F2N3O4. The number of aliphatic hydroxyl groups excluding tert-OH is 1. The van der Waals surface area contributed by atoms with Gasteiger partial charge in [0.2, 0.25) is 11.7 Å². The molecule has 3 aromatic rings. The molecule has 184 valence electrons. The van der Waals surface area contributed by atoms with Gasteiger partial charge in [0.05, 0.1) is 11.7 Å². The molecular weight excluding hydrogens is 456 g/mol. The summed E-state index contributed by atoms with van der Waals surface area (Å²) < 4.78 is 38.3. The zero-order valence-corrected chi connectivity index (χ0v) is 19.6. The molecule has 0 bridgehead atoms. The predicted molar refractivity (Wildman–Crippen MR) is 124 cm³/mol. The summed E-state index contributed by atoms with van der Waals surface area (Å²) in [5, 5.41) is 13.4. The molecule has 35 heavy (non-hydrogen) atoms. The zero-order valence-electron chi connectivity index (χ0n) is 19.6. The smallest absolute Gasteiger partial charge is 0.267 e. The van der Waals surface area contributed by atoms with Crippen molar-refractivity contribution < 1.29 is 27.9 Å². The number of aliphatic hydroxyl groups is 1. The Morgan fingerprint density at radius 1 is 1.26 bits per heavy atom. The fourth-order valence-corrected chi connectivity index (χ4v) is 5.33. The number of likely N-dealkylation sites (tertiary alicyclic amines) is 1. The monoisotopic (exact) mass is 483 g/mol. The Bertz CT molecular complexity index is 1260. The van der Waals surface area contributed by atoms with Crippen molar-refractivity contribution in [1.82, 2.24) is 15.0 Å². The summed E-state index contributed by atoms with van der Waals surface area (Å²) in [6.45, 7) is 4.29. The van der Waals surface area contributed by atoms with Gasteiger partial charge in [0.25, 0.3) is 12.3 Å². The molecule has 1 aliphatic carbocycles. The largest absolute Gasteiger partial charge is 0.491 e. The number of amides is 1. The molecule has 1 aromatic heterocycles. The summed E-state index contributed by atoms with van der Waals surface area (Å²) in [7, 11) is 0. The average Bonchev–Trinajstić information content (AvgIpc) is 3.58. The number of aromatic nitrogens is 2. The molecule has 1 aliphatic heterocycles. The molecule has 1 unspecified atom stereocenters. The average molecular weight is 484 g/mol. The predicted octanol–water partition coefficient (Wildman–Crippen LogP) is 4.54. The number of carbonyl (C=O) groups is 1. The van der Waals surface area contributed by atoms with E-state index in [0.717, 1.165) is 30.4 Å². The Kier molecular flexibility index (Phi) is 6.04. The van der Waals surface area contributed by atoms with E-state index in [2.05, 4.69) is 16.2 Å². The highest BCUT2D eigenvalue weighted by Crippen LogP contribution is 2.48. The second-order valence-electron chi connectivity index (χ2n) is 9.48. The molecule has 9 heteroatoms. The number of benzene rings is 2. The minimum absolute atomic E-state index is 0.134. The number of fused-ring (bicyclic) bond motifs is 2. The molecule has 1 fully saturated rings. The van der Waals surface area contributed by atoms with Gasteiger partial charge in [-0.3, -0.25) is 4.79 Å². The molecule has 1 saturated heterocycles. The molecule has 1 N–H and O–H groups in total. The first-order valence-electron chi connectivity index (χ1n) is 11.8. The van der Waals surface area contributed by atoms with E-state index in [1.807, 2.05) is 12.1 Å². The highest BCUT2D eigenvalue weighted by molar-refractivity contribution is 5.78. The first-order chi connectivity index (χ1) is 16.8. The van der Waals surface area contributed by atoms with Crippen LogP contribution in [-0.4, -0.2) is 51.9 Å². The van der Waals surface area contributed by atoms with Gasteiger partial charge in [-0.05, 0) is 62.4 Å².